The zero-order valence-electron chi connectivity index (χ0n) is 10.8. The highest BCUT2D eigenvalue weighted by Crippen LogP contribution is 2.15. The Labute approximate surface area is 113 Å². The van der Waals surface area contributed by atoms with Crippen molar-refractivity contribution in [2.75, 3.05) is 12.4 Å². The highest BCUT2D eigenvalue weighted by molar-refractivity contribution is 6.36. The van der Waals surface area contributed by atoms with Crippen molar-refractivity contribution in [3.05, 3.63) is 11.8 Å². The predicted molar refractivity (Wildman–Crippen MR) is 66.5 cm³/mol. The summed E-state index contributed by atoms with van der Waals surface area (Å²) < 4.78 is 4.96. The highest BCUT2D eigenvalue weighted by Gasteiger charge is 2.32. The number of amides is 1. The van der Waals surface area contributed by atoms with Crippen molar-refractivity contribution >= 4 is 23.5 Å². The summed E-state index contributed by atoms with van der Waals surface area (Å²) in [5.74, 6) is -1.42. The molecule has 20 heavy (non-hydrogen) atoms. The maximum absolute atomic E-state index is 11.9. The Morgan fingerprint density at radius 1 is 1.50 bits per heavy atom. The van der Waals surface area contributed by atoms with Crippen LogP contribution in [-0.2, 0) is 14.4 Å². The SMILES string of the molecule is COc1cc(C)nc(NC(=O)C2CC(C(=O)O)=NO2)n1. The molecule has 1 aromatic heterocycles. The number of carbonyl (C=O) groups is 2. The Morgan fingerprint density at radius 2 is 2.25 bits per heavy atom. The summed E-state index contributed by atoms with van der Waals surface area (Å²) >= 11 is 0. The van der Waals surface area contributed by atoms with E-state index in [2.05, 4.69) is 20.4 Å². The van der Waals surface area contributed by atoms with Gasteiger partial charge >= 0.3 is 5.97 Å². The van der Waals surface area contributed by atoms with Gasteiger partial charge < -0.3 is 14.7 Å². The van der Waals surface area contributed by atoms with Crippen LogP contribution in [0.5, 0.6) is 5.88 Å². The zero-order chi connectivity index (χ0) is 14.7. The smallest absolute Gasteiger partial charge is 0.353 e. The Morgan fingerprint density at radius 3 is 2.85 bits per heavy atom. The van der Waals surface area contributed by atoms with Gasteiger partial charge in [0.2, 0.25) is 17.9 Å². The number of aliphatic carboxylic acids is 1. The Bertz CT molecular complexity index is 586. The van der Waals surface area contributed by atoms with Crippen LogP contribution in [-0.4, -0.2) is 45.9 Å². The van der Waals surface area contributed by atoms with Gasteiger partial charge in [0.1, 0.15) is 0 Å². The third-order valence-corrected chi connectivity index (χ3v) is 2.48. The van der Waals surface area contributed by atoms with Crippen molar-refractivity contribution in [1.29, 1.82) is 0 Å². The van der Waals surface area contributed by atoms with Crippen LogP contribution in [0.3, 0.4) is 0 Å². The molecule has 9 nitrogen and oxygen atoms in total. The minimum Gasteiger partial charge on any atom is -0.481 e. The van der Waals surface area contributed by atoms with Gasteiger partial charge in [0.25, 0.3) is 5.91 Å². The summed E-state index contributed by atoms with van der Waals surface area (Å²) in [6.45, 7) is 1.72. The summed E-state index contributed by atoms with van der Waals surface area (Å²) in [6, 6.07) is 1.60. The quantitative estimate of drug-likeness (QED) is 0.793. The molecule has 2 heterocycles. The molecule has 0 aliphatic carbocycles. The number of carbonyl (C=O) groups excluding carboxylic acids is 1. The predicted octanol–water partition coefficient (Wildman–Crippen LogP) is -0.0384. The third kappa shape index (κ3) is 2.99. The summed E-state index contributed by atoms with van der Waals surface area (Å²) in [4.78, 5) is 35.3. The van der Waals surface area contributed by atoms with Crippen LogP contribution in [0, 0.1) is 6.92 Å². The number of methoxy groups -OCH3 is 1. The van der Waals surface area contributed by atoms with E-state index in [4.69, 9.17) is 14.7 Å². The molecule has 1 unspecified atom stereocenters. The summed E-state index contributed by atoms with van der Waals surface area (Å²) in [7, 11) is 1.44. The molecular weight excluding hydrogens is 268 g/mol. The van der Waals surface area contributed by atoms with E-state index in [9.17, 15) is 9.59 Å². The van der Waals surface area contributed by atoms with Gasteiger partial charge in [0.05, 0.1) is 7.11 Å². The molecule has 0 aromatic carbocycles. The molecule has 1 aliphatic rings. The second-order valence-corrected chi connectivity index (χ2v) is 4.01. The number of hydrogen-bond acceptors (Lipinski definition) is 7. The van der Waals surface area contributed by atoms with Crippen molar-refractivity contribution in [1.82, 2.24) is 9.97 Å². The molecule has 1 atom stereocenters. The molecule has 1 aliphatic heterocycles. The van der Waals surface area contributed by atoms with Gasteiger partial charge in [-0.25, -0.2) is 9.78 Å². The number of rotatable bonds is 4. The van der Waals surface area contributed by atoms with Crippen LogP contribution < -0.4 is 10.1 Å². The first-order valence-corrected chi connectivity index (χ1v) is 5.66. The Kier molecular flexibility index (Phi) is 3.78. The monoisotopic (exact) mass is 280 g/mol. The van der Waals surface area contributed by atoms with E-state index >= 15 is 0 Å². The number of nitrogens with one attached hydrogen (secondary N) is 1. The lowest BCUT2D eigenvalue weighted by molar-refractivity contribution is -0.129. The first kappa shape index (κ1) is 13.7. The van der Waals surface area contributed by atoms with Crippen LogP contribution in [0.4, 0.5) is 5.95 Å². The number of aromatic nitrogens is 2. The fourth-order valence-electron chi connectivity index (χ4n) is 1.54. The minimum absolute atomic E-state index is 0.0548. The average molecular weight is 280 g/mol. The highest BCUT2D eigenvalue weighted by atomic mass is 16.6. The number of hydrogen-bond donors (Lipinski definition) is 2. The van der Waals surface area contributed by atoms with Gasteiger partial charge in [-0.3, -0.25) is 10.1 Å². The van der Waals surface area contributed by atoms with Crippen LogP contribution in [0.15, 0.2) is 11.2 Å². The van der Waals surface area contributed by atoms with Gasteiger partial charge in [0, 0.05) is 18.2 Å². The second-order valence-electron chi connectivity index (χ2n) is 4.01. The lowest BCUT2D eigenvalue weighted by atomic mass is 10.2. The van der Waals surface area contributed by atoms with Gasteiger partial charge in [0.15, 0.2) is 5.71 Å². The first-order chi connectivity index (χ1) is 9.49. The normalized spacial score (nSPS) is 17.1. The number of ether oxygens (including phenoxy) is 1. The van der Waals surface area contributed by atoms with E-state index in [1.54, 1.807) is 13.0 Å². The Hall–Kier alpha value is -2.71. The van der Waals surface area contributed by atoms with Crippen LogP contribution in [0.1, 0.15) is 12.1 Å². The number of carboxylic acid groups (broad SMARTS) is 1. The molecule has 0 spiro atoms. The second kappa shape index (κ2) is 5.51. The fourth-order valence-corrected chi connectivity index (χ4v) is 1.54. The maximum Gasteiger partial charge on any atom is 0.353 e. The molecule has 1 amide bonds. The Balaban J connectivity index is 2.02. The zero-order valence-corrected chi connectivity index (χ0v) is 10.8. The molecule has 0 radical (unpaired) electrons. The maximum atomic E-state index is 11.9. The number of oxime groups is 1. The van der Waals surface area contributed by atoms with E-state index in [-0.39, 0.29) is 18.1 Å². The van der Waals surface area contributed by atoms with Crippen molar-refractivity contribution in [2.45, 2.75) is 19.4 Å². The summed E-state index contributed by atoms with van der Waals surface area (Å²) in [5, 5.41) is 14.5. The molecule has 2 N–H and O–H groups in total. The van der Waals surface area contributed by atoms with E-state index in [1.165, 1.54) is 7.11 Å². The molecule has 9 heteroatoms. The van der Waals surface area contributed by atoms with E-state index in [0.717, 1.165) is 0 Å². The molecule has 0 fully saturated rings. The average Bonchev–Trinajstić information content (AvgIpc) is 2.87. The van der Waals surface area contributed by atoms with Crippen LogP contribution in [0.25, 0.3) is 0 Å². The van der Waals surface area contributed by atoms with E-state index in [0.29, 0.717) is 11.6 Å². The number of nitrogens with zero attached hydrogens (tertiary/aromatic N) is 3. The molecule has 1 aromatic rings. The topological polar surface area (TPSA) is 123 Å². The van der Waals surface area contributed by atoms with E-state index in [1.807, 2.05) is 0 Å². The molecular formula is C11H12N4O5. The van der Waals surface area contributed by atoms with Crippen LogP contribution in [0.2, 0.25) is 0 Å². The van der Waals surface area contributed by atoms with E-state index < -0.39 is 18.0 Å². The number of carboxylic acids is 1. The standard InChI is InChI=1S/C11H12N4O5/c1-5-3-8(19-2)13-11(12-5)14-9(16)7-4-6(10(17)18)15-20-7/h3,7H,4H2,1-2H3,(H,17,18)(H,12,13,14,16). The molecule has 0 bridgehead atoms. The number of aryl methyl sites for hydroxylation is 1. The molecule has 106 valence electrons. The van der Waals surface area contributed by atoms with Crippen molar-refractivity contribution in [3.63, 3.8) is 0 Å². The van der Waals surface area contributed by atoms with Gasteiger partial charge in [-0.05, 0) is 6.92 Å². The molecule has 0 saturated heterocycles. The van der Waals surface area contributed by atoms with Gasteiger partial charge in [-0.15, -0.1) is 0 Å². The van der Waals surface area contributed by atoms with Crippen molar-refractivity contribution in [2.24, 2.45) is 5.16 Å². The summed E-state index contributed by atoms with van der Waals surface area (Å²) in [6.07, 6.45) is -1.11. The molecule has 2 rings (SSSR count). The lowest BCUT2D eigenvalue weighted by Gasteiger charge is -2.09. The lowest BCUT2D eigenvalue weighted by Crippen LogP contribution is -2.29. The third-order valence-electron chi connectivity index (χ3n) is 2.48. The molecule has 0 saturated carbocycles. The largest absolute Gasteiger partial charge is 0.481 e. The van der Waals surface area contributed by atoms with Crippen molar-refractivity contribution in [3.8, 4) is 5.88 Å². The fraction of sp³-hybridized carbons (Fsp3) is 0.364. The minimum atomic E-state index is -1.21. The van der Waals surface area contributed by atoms with Gasteiger partial charge in [-0.2, -0.15) is 4.98 Å². The summed E-state index contributed by atoms with van der Waals surface area (Å²) in [5.41, 5.74) is 0.412. The first-order valence-electron chi connectivity index (χ1n) is 5.66. The number of anilines is 1. The van der Waals surface area contributed by atoms with Crippen molar-refractivity contribution < 1.29 is 24.3 Å². The van der Waals surface area contributed by atoms with Crippen LogP contribution >= 0.6 is 0 Å². The van der Waals surface area contributed by atoms with Gasteiger partial charge in [-0.1, -0.05) is 5.16 Å².